The van der Waals surface area contributed by atoms with Crippen molar-refractivity contribution >= 4 is 49.6 Å². The molecule has 298 valence electrons. The van der Waals surface area contributed by atoms with E-state index in [9.17, 15) is 0 Å². The fourth-order valence-corrected chi connectivity index (χ4v) is 10.2. The summed E-state index contributed by atoms with van der Waals surface area (Å²) in [6.45, 7) is 4.78. The number of benzene rings is 10. The van der Waals surface area contributed by atoms with Crippen molar-refractivity contribution in [3.63, 3.8) is 0 Å². The fourth-order valence-electron chi connectivity index (χ4n) is 10.2. The van der Waals surface area contributed by atoms with Crippen LogP contribution in [0, 0.1) is 0 Å². The Morgan fingerprint density at radius 1 is 0.333 bits per heavy atom. The van der Waals surface area contributed by atoms with Crippen LogP contribution in [0.4, 0.5) is 17.1 Å². The zero-order chi connectivity index (χ0) is 42.1. The topological polar surface area (TPSA) is 8.17 Å². The summed E-state index contributed by atoms with van der Waals surface area (Å²) in [6, 6.07) is 84.6. The average Bonchev–Trinajstić information content (AvgIpc) is 3.79. The first kappa shape index (κ1) is 36.9. The standard InChI is InChI=1S/C61H44N2/c1-61(2)57-39-49(33-35-53(57)54-36-34-50(40-58(54)61)63-59-25-12-10-23-55(59)56-24-11-13-26-60(56)63)62(48-20-14-19-45(38-48)46-28-27-41-15-6-7-18-44(41)37-46)47-31-29-43(30-32-47)52-22-9-8-21-51(52)42-16-4-3-5-17-42/h3-40H,1-2H3. The molecule has 0 bridgehead atoms. The third-order valence-corrected chi connectivity index (χ3v) is 13.4. The summed E-state index contributed by atoms with van der Waals surface area (Å²) in [4.78, 5) is 2.43. The van der Waals surface area contributed by atoms with Gasteiger partial charge in [-0.3, -0.25) is 0 Å². The van der Waals surface area contributed by atoms with Gasteiger partial charge in [0.1, 0.15) is 0 Å². The molecule has 1 aromatic heterocycles. The molecule has 0 aliphatic heterocycles. The van der Waals surface area contributed by atoms with Crippen LogP contribution in [0.1, 0.15) is 25.0 Å². The van der Waals surface area contributed by atoms with E-state index in [-0.39, 0.29) is 5.41 Å². The second-order valence-corrected chi connectivity index (χ2v) is 17.4. The van der Waals surface area contributed by atoms with Gasteiger partial charge in [-0.05, 0) is 133 Å². The summed E-state index contributed by atoms with van der Waals surface area (Å²) in [7, 11) is 0. The zero-order valence-electron chi connectivity index (χ0n) is 35.3. The molecular weight excluding hydrogens is 761 g/mol. The van der Waals surface area contributed by atoms with Crippen LogP contribution < -0.4 is 4.90 Å². The Morgan fingerprint density at radius 3 is 1.59 bits per heavy atom. The summed E-state index contributed by atoms with van der Waals surface area (Å²) >= 11 is 0. The number of anilines is 3. The van der Waals surface area contributed by atoms with Gasteiger partial charge in [0.25, 0.3) is 0 Å². The molecular formula is C61H44N2. The average molecular weight is 805 g/mol. The van der Waals surface area contributed by atoms with E-state index >= 15 is 0 Å². The monoisotopic (exact) mass is 804 g/mol. The van der Waals surface area contributed by atoms with Gasteiger partial charge in [-0.1, -0.05) is 178 Å². The zero-order valence-corrected chi connectivity index (χ0v) is 35.3. The second kappa shape index (κ2) is 14.6. The van der Waals surface area contributed by atoms with Crippen LogP contribution in [0.2, 0.25) is 0 Å². The molecule has 0 fully saturated rings. The van der Waals surface area contributed by atoms with Gasteiger partial charge in [0.05, 0.1) is 11.0 Å². The minimum absolute atomic E-state index is 0.237. The molecule has 1 heterocycles. The van der Waals surface area contributed by atoms with Crippen LogP contribution in [0.3, 0.4) is 0 Å². The predicted octanol–water partition coefficient (Wildman–Crippen LogP) is 16.7. The fraction of sp³-hybridized carbons (Fsp3) is 0.0492. The Kier molecular flexibility index (Phi) is 8.55. The van der Waals surface area contributed by atoms with Crippen LogP contribution >= 0.6 is 0 Å². The van der Waals surface area contributed by atoms with E-state index in [0.717, 1.165) is 17.1 Å². The maximum Gasteiger partial charge on any atom is 0.0541 e. The van der Waals surface area contributed by atoms with Gasteiger partial charge in [-0.15, -0.1) is 0 Å². The molecule has 0 saturated heterocycles. The van der Waals surface area contributed by atoms with Gasteiger partial charge >= 0.3 is 0 Å². The van der Waals surface area contributed by atoms with Crippen molar-refractivity contribution in [3.8, 4) is 50.2 Å². The highest BCUT2D eigenvalue weighted by Crippen LogP contribution is 2.52. The number of hydrogen-bond donors (Lipinski definition) is 0. The molecule has 0 atom stereocenters. The number of rotatable bonds is 7. The Hall–Kier alpha value is -7.94. The largest absolute Gasteiger partial charge is 0.310 e. The van der Waals surface area contributed by atoms with Crippen molar-refractivity contribution in [1.29, 1.82) is 0 Å². The third kappa shape index (κ3) is 6.09. The lowest BCUT2D eigenvalue weighted by molar-refractivity contribution is 0.660. The minimum atomic E-state index is -0.237. The molecule has 0 saturated carbocycles. The molecule has 11 aromatic rings. The van der Waals surface area contributed by atoms with Crippen molar-refractivity contribution < 1.29 is 0 Å². The summed E-state index contributed by atoms with van der Waals surface area (Å²) in [5.41, 5.74) is 19.3. The van der Waals surface area contributed by atoms with E-state index in [4.69, 9.17) is 0 Å². The van der Waals surface area contributed by atoms with Crippen molar-refractivity contribution in [2.75, 3.05) is 4.90 Å². The molecule has 12 rings (SSSR count). The van der Waals surface area contributed by atoms with Gasteiger partial charge in [-0.2, -0.15) is 0 Å². The number of aromatic nitrogens is 1. The number of hydrogen-bond acceptors (Lipinski definition) is 1. The molecule has 0 N–H and O–H groups in total. The van der Waals surface area contributed by atoms with Gasteiger partial charge < -0.3 is 9.47 Å². The highest BCUT2D eigenvalue weighted by molar-refractivity contribution is 6.09. The van der Waals surface area contributed by atoms with E-state index in [1.807, 2.05) is 0 Å². The smallest absolute Gasteiger partial charge is 0.0541 e. The van der Waals surface area contributed by atoms with Crippen molar-refractivity contribution in [2.45, 2.75) is 19.3 Å². The summed E-state index contributed by atoms with van der Waals surface area (Å²) in [6.07, 6.45) is 0. The maximum absolute atomic E-state index is 2.44. The quantitative estimate of drug-likeness (QED) is 0.156. The number of para-hydroxylation sites is 2. The number of fused-ring (bicyclic) bond motifs is 7. The van der Waals surface area contributed by atoms with Gasteiger partial charge in [-0.25, -0.2) is 0 Å². The first-order chi connectivity index (χ1) is 31.0. The predicted molar refractivity (Wildman–Crippen MR) is 267 cm³/mol. The van der Waals surface area contributed by atoms with Gasteiger partial charge in [0, 0.05) is 38.9 Å². The summed E-state index contributed by atoms with van der Waals surface area (Å²) < 4.78 is 2.43. The first-order valence-corrected chi connectivity index (χ1v) is 21.9. The van der Waals surface area contributed by atoms with E-state index in [1.165, 1.54) is 93.9 Å². The van der Waals surface area contributed by atoms with Crippen LogP contribution in [0.5, 0.6) is 0 Å². The minimum Gasteiger partial charge on any atom is -0.310 e. The molecule has 0 spiro atoms. The number of nitrogens with zero attached hydrogens (tertiary/aromatic N) is 2. The first-order valence-electron chi connectivity index (χ1n) is 21.9. The van der Waals surface area contributed by atoms with E-state index in [2.05, 4.69) is 254 Å². The highest BCUT2D eigenvalue weighted by atomic mass is 15.1. The van der Waals surface area contributed by atoms with Gasteiger partial charge in [0.15, 0.2) is 0 Å². The van der Waals surface area contributed by atoms with E-state index in [1.54, 1.807) is 0 Å². The lowest BCUT2D eigenvalue weighted by Crippen LogP contribution is -2.17. The molecule has 0 radical (unpaired) electrons. The van der Waals surface area contributed by atoms with Crippen molar-refractivity contribution in [1.82, 2.24) is 4.57 Å². The molecule has 1 aliphatic rings. The lowest BCUT2D eigenvalue weighted by atomic mass is 9.82. The second-order valence-electron chi connectivity index (χ2n) is 17.4. The van der Waals surface area contributed by atoms with Crippen LogP contribution in [-0.2, 0) is 5.41 Å². The Balaban J connectivity index is 0.979. The Morgan fingerprint density at radius 2 is 0.857 bits per heavy atom. The van der Waals surface area contributed by atoms with Crippen LogP contribution in [0.15, 0.2) is 231 Å². The SMILES string of the molecule is CC1(C)c2cc(N(c3ccc(-c4ccccc4-c4ccccc4)cc3)c3cccc(-c4ccc5ccccc5c4)c3)ccc2-c2ccc(-n3c4ccccc4c4ccccc43)cc21. The van der Waals surface area contributed by atoms with E-state index < -0.39 is 0 Å². The normalized spacial score (nSPS) is 12.7. The summed E-state index contributed by atoms with van der Waals surface area (Å²) in [5, 5.41) is 5.04. The molecule has 1 aliphatic carbocycles. The maximum atomic E-state index is 2.44. The van der Waals surface area contributed by atoms with Crippen LogP contribution in [-0.4, -0.2) is 4.57 Å². The van der Waals surface area contributed by atoms with Gasteiger partial charge in [0.2, 0.25) is 0 Å². The Bertz CT molecular complexity index is 3480. The molecule has 0 unspecified atom stereocenters. The third-order valence-electron chi connectivity index (χ3n) is 13.4. The molecule has 2 nitrogen and oxygen atoms in total. The van der Waals surface area contributed by atoms with Crippen LogP contribution in [0.25, 0.3) is 82.8 Å². The molecule has 0 amide bonds. The van der Waals surface area contributed by atoms with E-state index in [0.29, 0.717) is 0 Å². The molecule has 63 heavy (non-hydrogen) atoms. The molecule has 10 aromatic carbocycles. The Labute approximate surface area is 368 Å². The van der Waals surface area contributed by atoms with Crippen molar-refractivity contribution in [2.24, 2.45) is 0 Å². The summed E-state index contributed by atoms with van der Waals surface area (Å²) in [5.74, 6) is 0. The highest BCUT2D eigenvalue weighted by Gasteiger charge is 2.36. The molecule has 2 heteroatoms. The van der Waals surface area contributed by atoms with Crippen molar-refractivity contribution in [3.05, 3.63) is 242 Å². The lowest BCUT2D eigenvalue weighted by Gasteiger charge is -2.29.